The predicted octanol–water partition coefficient (Wildman–Crippen LogP) is 2.78. The zero-order chi connectivity index (χ0) is 11.7. The van der Waals surface area contributed by atoms with Gasteiger partial charge in [0.25, 0.3) is 0 Å². The lowest BCUT2D eigenvalue weighted by Crippen LogP contribution is -1.84. The van der Waals surface area contributed by atoms with Gasteiger partial charge in [0.15, 0.2) is 0 Å². The molecule has 82 valence electrons. The molecule has 0 aliphatic carbocycles. The second-order valence-corrected chi connectivity index (χ2v) is 3.69. The van der Waals surface area contributed by atoms with E-state index in [9.17, 15) is 15.3 Å². The molecular formula is C13H12O3. The van der Waals surface area contributed by atoms with Gasteiger partial charge in [-0.1, -0.05) is 12.1 Å². The van der Waals surface area contributed by atoms with Crippen molar-refractivity contribution in [1.82, 2.24) is 0 Å². The van der Waals surface area contributed by atoms with Gasteiger partial charge >= 0.3 is 0 Å². The molecule has 0 unspecified atom stereocenters. The third-order valence-corrected chi connectivity index (χ3v) is 2.52. The summed E-state index contributed by atoms with van der Waals surface area (Å²) in [5.74, 6) is 0.194. The third kappa shape index (κ3) is 1.80. The molecule has 0 radical (unpaired) electrons. The van der Waals surface area contributed by atoms with Crippen LogP contribution >= 0.6 is 0 Å². The quantitative estimate of drug-likeness (QED) is 0.686. The highest BCUT2D eigenvalue weighted by molar-refractivity contribution is 5.72. The standard InChI is InChI=1S/C13H12O3/c1-8-12(6-11(15)7-13(8)16)9-3-2-4-10(14)5-9/h2-7,14-16H,1H3. The van der Waals surface area contributed by atoms with E-state index in [0.717, 1.165) is 5.56 Å². The predicted molar refractivity (Wildman–Crippen MR) is 61.6 cm³/mol. The zero-order valence-electron chi connectivity index (χ0n) is 8.81. The first kappa shape index (κ1) is 10.4. The van der Waals surface area contributed by atoms with E-state index in [0.29, 0.717) is 11.1 Å². The van der Waals surface area contributed by atoms with Crippen LogP contribution in [-0.4, -0.2) is 15.3 Å². The molecule has 0 atom stereocenters. The van der Waals surface area contributed by atoms with E-state index in [1.807, 2.05) is 0 Å². The number of hydrogen-bond acceptors (Lipinski definition) is 3. The molecule has 0 amide bonds. The summed E-state index contributed by atoms with van der Waals surface area (Å²) in [4.78, 5) is 0. The summed E-state index contributed by atoms with van der Waals surface area (Å²) in [6.07, 6.45) is 0. The number of hydrogen-bond donors (Lipinski definition) is 3. The SMILES string of the molecule is Cc1c(O)cc(O)cc1-c1cccc(O)c1. The van der Waals surface area contributed by atoms with Crippen molar-refractivity contribution in [2.24, 2.45) is 0 Å². The Morgan fingerprint density at radius 3 is 2.31 bits per heavy atom. The number of aromatic hydroxyl groups is 3. The smallest absolute Gasteiger partial charge is 0.122 e. The average Bonchev–Trinajstić information content (AvgIpc) is 2.23. The minimum atomic E-state index is 0.00134. The molecule has 2 aromatic carbocycles. The average molecular weight is 216 g/mol. The van der Waals surface area contributed by atoms with E-state index < -0.39 is 0 Å². The fourth-order valence-corrected chi connectivity index (χ4v) is 1.66. The van der Waals surface area contributed by atoms with Crippen molar-refractivity contribution < 1.29 is 15.3 Å². The van der Waals surface area contributed by atoms with Gasteiger partial charge in [-0.2, -0.15) is 0 Å². The third-order valence-electron chi connectivity index (χ3n) is 2.52. The van der Waals surface area contributed by atoms with E-state index in [2.05, 4.69) is 0 Å². The van der Waals surface area contributed by atoms with Gasteiger partial charge in [0.05, 0.1) is 0 Å². The molecule has 3 nitrogen and oxygen atoms in total. The molecule has 0 fully saturated rings. The summed E-state index contributed by atoms with van der Waals surface area (Å²) < 4.78 is 0. The summed E-state index contributed by atoms with van der Waals surface area (Å²) >= 11 is 0. The van der Waals surface area contributed by atoms with Crippen LogP contribution in [0.2, 0.25) is 0 Å². The number of phenolic OH excluding ortho intramolecular Hbond substituents is 3. The highest BCUT2D eigenvalue weighted by Gasteiger charge is 2.08. The minimum absolute atomic E-state index is 0.00134. The largest absolute Gasteiger partial charge is 0.508 e. The molecule has 3 N–H and O–H groups in total. The number of rotatable bonds is 1. The maximum absolute atomic E-state index is 9.59. The van der Waals surface area contributed by atoms with Crippen LogP contribution in [0.1, 0.15) is 5.56 Å². The van der Waals surface area contributed by atoms with Gasteiger partial charge in [0, 0.05) is 6.07 Å². The molecule has 0 heterocycles. The monoisotopic (exact) mass is 216 g/mol. The van der Waals surface area contributed by atoms with Crippen LogP contribution in [0, 0.1) is 6.92 Å². The molecular weight excluding hydrogens is 204 g/mol. The van der Waals surface area contributed by atoms with Gasteiger partial charge in [-0.15, -0.1) is 0 Å². The fraction of sp³-hybridized carbons (Fsp3) is 0.0769. The minimum Gasteiger partial charge on any atom is -0.508 e. The van der Waals surface area contributed by atoms with Crippen molar-refractivity contribution in [1.29, 1.82) is 0 Å². The Hall–Kier alpha value is -2.16. The molecule has 0 bridgehead atoms. The second kappa shape index (κ2) is 3.77. The Morgan fingerprint density at radius 1 is 0.875 bits per heavy atom. The van der Waals surface area contributed by atoms with Crippen LogP contribution in [0.3, 0.4) is 0 Å². The van der Waals surface area contributed by atoms with E-state index in [1.54, 1.807) is 37.3 Å². The van der Waals surface area contributed by atoms with Crippen LogP contribution < -0.4 is 0 Å². The summed E-state index contributed by atoms with van der Waals surface area (Å²) in [7, 11) is 0. The van der Waals surface area contributed by atoms with Crippen LogP contribution in [0.4, 0.5) is 0 Å². The van der Waals surface area contributed by atoms with Crippen molar-refractivity contribution in [3.63, 3.8) is 0 Å². The molecule has 16 heavy (non-hydrogen) atoms. The lowest BCUT2D eigenvalue weighted by atomic mass is 9.99. The Balaban J connectivity index is 2.64. The van der Waals surface area contributed by atoms with E-state index in [-0.39, 0.29) is 17.2 Å². The van der Waals surface area contributed by atoms with Crippen molar-refractivity contribution in [2.45, 2.75) is 6.92 Å². The molecule has 0 aliphatic heterocycles. The molecule has 0 spiro atoms. The summed E-state index contributed by atoms with van der Waals surface area (Å²) in [5.41, 5.74) is 2.13. The van der Waals surface area contributed by atoms with Gasteiger partial charge in [-0.25, -0.2) is 0 Å². The summed E-state index contributed by atoms with van der Waals surface area (Å²) in [6, 6.07) is 9.53. The van der Waals surface area contributed by atoms with Crippen molar-refractivity contribution in [3.05, 3.63) is 42.0 Å². The van der Waals surface area contributed by atoms with E-state index in [1.165, 1.54) is 6.07 Å². The Labute approximate surface area is 93.2 Å². The van der Waals surface area contributed by atoms with Crippen molar-refractivity contribution in [3.8, 4) is 28.4 Å². The Kier molecular flexibility index (Phi) is 2.44. The van der Waals surface area contributed by atoms with Crippen molar-refractivity contribution in [2.75, 3.05) is 0 Å². The van der Waals surface area contributed by atoms with Crippen LogP contribution in [0.25, 0.3) is 11.1 Å². The lowest BCUT2D eigenvalue weighted by molar-refractivity contribution is 0.448. The number of phenols is 3. The fourth-order valence-electron chi connectivity index (χ4n) is 1.66. The van der Waals surface area contributed by atoms with Gasteiger partial charge in [0.1, 0.15) is 17.2 Å². The molecule has 0 saturated heterocycles. The molecule has 0 aliphatic rings. The molecule has 0 aromatic heterocycles. The lowest BCUT2D eigenvalue weighted by Gasteiger charge is -2.09. The highest BCUT2D eigenvalue weighted by Crippen LogP contribution is 2.34. The van der Waals surface area contributed by atoms with Gasteiger partial charge in [0.2, 0.25) is 0 Å². The molecule has 3 heteroatoms. The Bertz CT molecular complexity index is 533. The summed E-state index contributed by atoms with van der Waals surface area (Å²) in [6.45, 7) is 1.76. The van der Waals surface area contributed by atoms with Gasteiger partial charge in [-0.3, -0.25) is 0 Å². The number of benzene rings is 2. The maximum Gasteiger partial charge on any atom is 0.122 e. The maximum atomic E-state index is 9.59. The van der Waals surface area contributed by atoms with Gasteiger partial charge < -0.3 is 15.3 Å². The normalized spacial score (nSPS) is 10.3. The molecule has 2 aromatic rings. The van der Waals surface area contributed by atoms with Crippen LogP contribution in [-0.2, 0) is 0 Å². The first-order valence-electron chi connectivity index (χ1n) is 4.90. The highest BCUT2D eigenvalue weighted by atomic mass is 16.3. The molecule has 0 saturated carbocycles. The zero-order valence-corrected chi connectivity index (χ0v) is 8.81. The second-order valence-electron chi connectivity index (χ2n) is 3.69. The first-order chi connectivity index (χ1) is 7.58. The van der Waals surface area contributed by atoms with Crippen LogP contribution in [0.5, 0.6) is 17.2 Å². The van der Waals surface area contributed by atoms with Crippen molar-refractivity contribution >= 4 is 0 Å². The first-order valence-corrected chi connectivity index (χ1v) is 4.90. The van der Waals surface area contributed by atoms with Gasteiger partial charge in [-0.05, 0) is 41.8 Å². The summed E-state index contributed by atoms with van der Waals surface area (Å²) in [5, 5.41) is 28.4. The Morgan fingerprint density at radius 2 is 1.62 bits per heavy atom. The van der Waals surface area contributed by atoms with Crippen LogP contribution in [0.15, 0.2) is 36.4 Å². The van der Waals surface area contributed by atoms with E-state index in [4.69, 9.17) is 0 Å². The molecule has 2 rings (SSSR count). The topological polar surface area (TPSA) is 60.7 Å². The van der Waals surface area contributed by atoms with E-state index >= 15 is 0 Å².